The van der Waals surface area contributed by atoms with Gasteiger partial charge in [-0.15, -0.1) is 0 Å². The van der Waals surface area contributed by atoms with Crippen LogP contribution in [0, 0.1) is 6.92 Å². The second-order valence-electron chi connectivity index (χ2n) is 5.76. The highest BCUT2D eigenvalue weighted by Crippen LogP contribution is 2.42. The summed E-state index contributed by atoms with van der Waals surface area (Å²) in [5.41, 5.74) is 9.26. The number of aromatic hydroxyl groups is 1. The number of rotatable bonds is 3. The van der Waals surface area contributed by atoms with Crippen LogP contribution >= 0.6 is 0 Å². The molecule has 0 saturated carbocycles. The average Bonchev–Trinajstić information content (AvgIpc) is 2.57. The van der Waals surface area contributed by atoms with Crippen LogP contribution in [0.3, 0.4) is 0 Å². The van der Waals surface area contributed by atoms with Gasteiger partial charge in [0.25, 0.3) is 0 Å². The van der Waals surface area contributed by atoms with Gasteiger partial charge in [0.15, 0.2) is 0 Å². The number of hydrogen-bond donors (Lipinski definition) is 3. The van der Waals surface area contributed by atoms with Crippen molar-refractivity contribution in [2.45, 2.75) is 6.92 Å². The molecule has 0 bridgehead atoms. The first-order valence-electron chi connectivity index (χ1n) is 7.77. The molecule has 120 valence electrons. The fraction of sp³-hybridized carbons (Fsp3) is 0.278. The molecule has 0 aromatic heterocycles. The number of nitrogens with two attached hydrogens (primary N) is 1. The highest BCUT2D eigenvalue weighted by atomic mass is 16.3. The Morgan fingerprint density at radius 3 is 2.48 bits per heavy atom. The highest BCUT2D eigenvalue weighted by Gasteiger charge is 2.24. The van der Waals surface area contributed by atoms with E-state index in [9.17, 15) is 9.90 Å². The third-order valence-corrected chi connectivity index (χ3v) is 4.29. The number of anilines is 1. The summed E-state index contributed by atoms with van der Waals surface area (Å²) >= 11 is 0. The fourth-order valence-electron chi connectivity index (χ4n) is 3.18. The van der Waals surface area contributed by atoms with Gasteiger partial charge in [-0.05, 0) is 24.1 Å². The summed E-state index contributed by atoms with van der Waals surface area (Å²) < 4.78 is 0. The third kappa shape index (κ3) is 2.87. The maximum absolute atomic E-state index is 11.7. The van der Waals surface area contributed by atoms with Crippen molar-refractivity contribution in [2.24, 2.45) is 5.73 Å². The van der Waals surface area contributed by atoms with E-state index in [1.54, 1.807) is 0 Å². The Hall–Kier alpha value is -2.53. The molecule has 1 heterocycles. The smallest absolute Gasteiger partial charge is 0.249 e. The largest absolute Gasteiger partial charge is 0.507 e. The van der Waals surface area contributed by atoms with Crippen LogP contribution in [0.4, 0.5) is 5.69 Å². The minimum absolute atomic E-state index is 0.0872. The second kappa shape index (κ2) is 6.30. The summed E-state index contributed by atoms with van der Waals surface area (Å²) in [6, 6.07) is 11.2. The summed E-state index contributed by atoms with van der Waals surface area (Å²) in [5.74, 6) is -0.432. The monoisotopic (exact) mass is 311 g/mol. The average molecular weight is 311 g/mol. The van der Waals surface area contributed by atoms with Gasteiger partial charge < -0.3 is 21.1 Å². The second-order valence-corrected chi connectivity index (χ2v) is 5.76. The number of amides is 1. The summed E-state index contributed by atoms with van der Waals surface area (Å²) in [5, 5.41) is 13.9. The lowest BCUT2D eigenvalue weighted by Gasteiger charge is -2.33. The minimum atomic E-state index is -0.520. The molecule has 2 aromatic rings. The molecule has 1 aliphatic rings. The van der Waals surface area contributed by atoms with Crippen LogP contribution in [-0.4, -0.2) is 37.2 Å². The molecule has 1 saturated heterocycles. The Bertz CT molecular complexity index is 723. The molecule has 2 aromatic carbocycles. The van der Waals surface area contributed by atoms with Crippen molar-refractivity contribution in [3.8, 4) is 16.9 Å². The van der Waals surface area contributed by atoms with Gasteiger partial charge in [-0.2, -0.15) is 0 Å². The standard InChI is InChI=1S/C18H21N3O2/c1-12-14(18(19)23)11-15(22)16(13-5-3-2-4-6-13)17(12)21-9-7-20-8-10-21/h2-6,11,20,22H,7-10H2,1H3,(H2,19,23). The summed E-state index contributed by atoms with van der Waals surface area (Å²) in [6.45, 7) is 5.28. The molecule has 1 fully saturated rings. The predicted molar refractivity (Wildman–Crippen MR) is 91.9 cm³/mol. The molecule has 0 radical (unpaired) electrons. The number of primary amides is 1. The van der Waals surface area contributed by atoms with Crippen molar-refractivity contribution in [1.82, 2.24) is 5.32 Å². The molecule has 0 atom stereocenters. The van der Waals surface area contributed by atoms with E-state index in [1.807, 2.05) is 37.3 Å². The van der Waals surface area contributed by atoms with Crippen LogP contribution < -0.4 is 16.0 Å². The maximum atomic E-state index is 11.7. The van der Waals surface area contributed by atoms with Crippen molar-refractivity contribution in [3.05, 3.63) is 47.5 Å². The van der Waals surface area contributed by atoms with Crippen LogP contribution in [0.5, 0.6) is 5.75 Å². The van der Waals surface area contributed by atoms with Crippen LogP contribution in [0.15, 0.2) is 36.4 Å². The first-order chi connectivity index (χ1) is 11.1. The van der Waals surface area contributed by atoms with Gasteiger partial charge in [-0.3, -0.25) is 4.79 Å². The molecular weight excluding hydrogens is 290 g/mol. The van der Waals surface area contributed by atoms with Crippen LogP contribution in [0.2, 0.25) is 0 Å². The number of carbonyl (C=O) groups excluding carboxylic acids is 1. The molecule has 1 aliphatic heterocycles. The molecule has 0 spiro atoms. The lowest BCUT2D eigenvalue weighted by atomic mass is 9.94. The van der Waals surface area contributed by atoms with E-state index < -0.39 is 5.91 Å². The normalized spacial score (nSPS) is 14.7. The van der Waals surface area contributed by atoms with Gasteiger partial charge >= 0.3 is 0 Å². The molecular formula is C18H21N3O2. The first-order valence-corrected chi connectivity index (χ1v) is 7.77. The van der Waals surface area contributed by atoms with E-state index in [4.69, 9.17) is 5.73 Å². The Kier molecular flexibility index (Phi) is 4.21. The Labute approximate surface area is 135 Å². The molecule has 23 heavy (non-hydrogen) atoms. The van der Waals surface area contributed by atoms with Crippen LogP contribution in [0.25, 0.3) is 11.1 Å². The molecule has 5 nitrogen and oxygen atoms in total. The van der Waals surface area contributed by atoms with Gasteiger partial charge in [-0.1, -0.05) is 30.3 Å². The zero-order chi connectivity index (χ0) is 16.4. The molecule has 0 unspecified atom stereocenters. The van der Waals surface area contributed by atoms with E-state index >= 15 is 0 Å². The highest BCUT2D eigenvalue weighted by molar-refractivity contribution is 6.00. The molecule has 3 rings (SSSR count). The van der Waals surface area contributed by atoms with E-state index in [-0.39, 0.29) is 5.75 Å². The number of nitrogens with zero attached hydrogens (tertiary/aromatic N) is 1. The summed E-state index contributed by atoms with van der Waals surface area (Å²) in [4.78, 5) is 13.9. The summed E-state index contributed by atoms with van der Waals surface area (Å²) in [6.07, 6.45) is 0. The number of carbonyl (C=O) groups is 1. The summed E-state index contributed by atoms with van der Waals surface area (Å²) in [7, 11) is 0. The van der Waals surface area contributed by atoms with Crippen molar-refractivity contribution in [2.75, 3.05) is 31.1 Å². The zero-order valence-corrected chi connectivity index (χ0v) is 13.2. The number of piperazine rings is 1. The van der Waals surface area contributed by atoms with E-state index in [0.29, 0.717) is 5.56 Å². The van der Waals surface area contributed by atoms with Crippen molar-refractivity contribution < 1.29 is 9.90 Å². The quantitative estimate of drug-likeness (QED) is 0.808. The number of phenols is 1. The maximum Gasteiger partial charge on any atom is 0.249 e. The van der Waals surface area contributed by atoms with E-state index in [0.717, 1.165) is 48.6 Å². The number of hydrogen-bond acceptors (Lipinski definition) is 4. The minimum Gasteiger partial charge on any atom is -0.507 e. The SMILES string of the molecule is Cc1c(C(N)=O)cc(O)c(-c2ccccc2)c1N1CCNCC1. The number of benzene rings is 2. The van der Waals surface area contributed by atoms with E-state index in [1.165, 1.54) is 6.07 Å². The van der Waals surface area contributed by atoms with E-state index in [2.05, 4.69) is 10.2 Å². The Morgan fingerprint density at radius 1 is 1.22 bits per heavy atom. The molecule has 4 N–H and O–H groups in total. The Morgan fingerprint density at radius 2 is 1.87 bits per heavy atom. The van der Waals surface area contributed by atoms with Crippen molar-refractivity contribution in [1.29, 1.82) is 0 Å². The first kappa shape index (κ1) is 15.4. The van der Waals surface area contributed by atoms with Gasteiger partial charge in [0.1, 0.15) is 5.75 Å². The Balaban J connectivity index is 2.25. The zero-order valence-electron chi connectivity index (χ0n) is 13.2. The topological polar surface area (TPSA) is 78.6 Å². The van der Waals surface area contributed by atoms with Crippen molar-refractivity contribution >= 4 is 11.6 Å². The number of nitrogens with one attached hydrogen (secondary N) is 1. The third-order valence-electron chi connectivity index (χ3n) is 4.29. The van der Waals surface area contributed by atoms with Crippen molar-refractivity contribution in [3.63, 3.8) is 0 Å². The van der Waals surface area contributed by atoms with Gasteiger partial charge in [0.2, 0.25) is 5.91 Å². The van der Waals surface area contributed by atoms with Gasteiger partial charge in [0.05, 0.1) is 5.69 Å². The predicted octanol–water partition coefficient (Wildman–Crippen LogP) is 1.88. The van der Waals surface area contributed by atoms with Gasteiger partial charge in [-0.25, -0.2) is 0 Å². The molecule has 0 aliphatic carbocycles. The molecule has 1 amide bonds. The van der Waals surface area contributed by atoms with Crippen LogP contribution in [0.1, 0.15) is 15.9 Å². The lowest BCUT2D eigenvalue weighted by molar-refractivity contribution is 0.0999. The fourth-order valence-corrected chi connectivity index (χ4v) is 3.18. The number of phenolic OH excluding ortho intramolecular Hbond substituents is 1. The van der Waals surface area contributed by atoms with Gasteiger partial charge in [0, 0.05) is 37.3 Å². The molecule has 5 heteroatoms. The van der Waals surface area contributed by atoms with Crippen LogP contribution in [-0.2, 0) is 0 Å². The lowest BCUT2D eigenvalue weighted by Crippen LogP contribution is -2.44.